The van der Waals surface area contributed by atoms with Crippen molar-refractivity contribution in [1.29, 1.82) is 0 Å². The second-order valence-electron chi connectivity index (χ2n) is 34.4. The molecule has 126 heavy (non-hydrogen) atoms. The number of piperidine rings is 4. The lowest BCUT2D eigenvalue weighted by Crippen LogP contribution is -2.44. The highest BCUT2D eigenvalue weighted by Crippen LogP contribution is 2.39. The van der Waals surface area contributed by atoms with Gasteiger partial charge in [-0.1, -0.05) is 51.4 Å². The first-order valence-corrected chi connectivity index (χ1v) is 46.0. The molecule has 0 bridgehead atoms. The smallest absolute Gasteiger partial charge is 0.237 e. The fourth-order valence-corrected chi connectivity index (χ4v) is 18.5. The molecule has 0 unspecified atom stereocenters. The number of rotatable bonds is 17. The number of ether oxygens (including phenoxy) is 5. The van der Waals surface area contributed by atoms with Gasteiger partial charge in [0, 0.05) is 215 Å². The summed E-state index contributed by atoms with van der Waals surface area (Å²) in [5.41, 5.74) is 11.6. The Labute approximate surface area is 746 Å². The number of para-hydroxylation sites is 2. The van der Waals surface area contributed by atoms with Crippen LogP contribution in [0.25, 0.3) is 51.1 Å². The van der Waals surface area contributed by atoms with E-state index in [0.29, 0.717) is 131 Å². The van der Waals surface area contributed by atoms with Crippen LogP contribution in [-0.4, -0.2) is 270 Å². The topological polar surface area (TPSA) is 300 Å². The van der Waals surface area contributed by atoms with Crippen molar-refractivity contribution >= 4 is 69.5 Å². The van der Waals surface area contributed by atoms with Crippen LogP contribution in [0.1, 0.15) is 202 Å². The van der Waals surface area contributed by atoms with Crippen LogP contribution in [0.2, 0.25) is 5.15 Å². The SMILES string of the molecule is CCC(=O)N1CCC(c2cc(N3CCOC[C@H]3C)nc(-c3cc(C)nc(Cl)c3)n2)CC1.CCC(=O)N1CCC(c2cc(N3CCOC[C@H]3C)nc(-c3cc(C)nc(OC)c3)n2)CC1.CCC(=O)N1CCC(c2cc(N3CCOC[C@H]3C)nc(-c3ccnc(C)c3)n2)CC1.CCC(=O)N1CCC(c2cc(N3CCOC[C@H]3C)nc(-n3c(C)nc4ccccc43)n2)CC1. The zero-order valence-electron chi connectivity index (χ0n) is 75.9. The van der Waals surface area contributed by atoms with Crippen molar-refractivity contribution < 1.29 is 42.9 Å². The number of pyridine rings is 3. The number of halogens is 1. The molecular weight excluding hydrogens is 1610 g/mol. The molecule has 8 fully saturated rings. The van der Waals surface area contributed by atoms with Gasteiger partial charge in [-0.2, -0.15) is 4.98 Å². The lowest BCUT2D eigenvalue weighted by molar-refractivity contribution is -0.132. The van der Waals surface area contributed by atoms with Crippen LogP contribution in [0.4, 0.5) is 23.3 Å². The van der Waals surface area contributed by atoms with Crippen LogP contribution < -0.4 is 24.3 Å². The van der Waals surface area contributed by atoms with E-state index in [1.165, 1.54) is 0 Å². The van der Waals surface area contributed by atoms with Gasteiger partial charge in [0.15, 0.2) is 17.5 Å². The Morgan fingerprint density at radius 2 is 0.738 bits per heavy atom. The van der Waals surface area contributed by atoms with Crippen molar-refractivity contribution in [3.8, 4) is 46.0 Å². The Bertz CT molecular complexity index is 5200. The van der Waals surface area contributed by atoms with Crippen molar-refractivity contribution in [3.05, 3.63) is 142 Å². The number of aryl methyl sites for hydroxylation is 4. The molecule has 0 spiro atoms. The van der Waals surface area contributed by atoms with Crippen LogP contribution in [0.15, 0.2) is 91.1 Å². The lowest BCUT2D eigenvalue weighted by atomic mass is 9.92. The van der Waals surface area contributed by atoms with Gasteiger partial charge in [-0.25, -0.2) is 49.8 Å². The number of imidazole rings is 1. The molecule has 4 amide bonds. The van der Waals surface area contributed by atoms with Gasteiger partial charge in [0.25, 0.3) is 0 Å². The van der Waals surface area contributed by atoms with E-state index in [2.05, 4.69) is 97.1 Å². The van der Waals surface area contributed by atoms with Crippen LogP contribution in [0.5, 0.6) is 5.88 Å². The molecule has 4 atom stereocenters. The van der Waals surface area contributed by atoms with Gasteiger partial charge in [0.1, 0.15) is 34.2 Å². The van der Waals surface area contributed by atoms with Gasteiger partial charge < -0.3 is 62.9 Å². The van der Waals surface area contributed by atoms with E-state index in [1.54, 1.807) is 7.11 Å². The van der Waals surface area contributed by atoms with Crippen LogP contribution in [0, 0.1) is 27.7 Å². The van der Waals surface area contributed by atoms with Gasteiger partial charge in [0.2, 0.25) is 35.5 Å². The Morgan fingerprint density at radius 1 is 0.389 bits per heavy atom. The molecule has 0 radical (unpaired) electrons. The number of fused-ring (bicyclic) bond motifs is 1. The molecule has 31 heteroatoms. The Kier molecular flexibility index (Phi) is 31.2. The highest BCUT2D eigenvalue weighted by molar-refractivity contribution is 6.29. The van der Waals surface area contributed by atoms with Gasteiger partial charge in [0.05, 0.1) is 101 Å². The number of carbonyl (C=O) groups is 4. The summed E-state index contributed by atoms with van der Waals surface area (Å²) in [5.74, 6) is 10.2. The molecule has 8 saturated heterocycles. The first-order chi connectivity index (χ1) is 61.0. The third kappa shape index (κ3) is 22.5. The normalized spacial score (nSPS) is 20.1. The summed E-state index contributed by atoms with van der Waals surface area (Å²) in [6, 6.07) is 29.4. The average Bonchev–Trinajstić information content (AvgIpc) is 1.51. The Hall–Kier alpha value is -10.5. The number of morpholine rings is 4. The zero-order valence-corrected chi connectivity index (χ0v) is 76.6. The number of benzene rings is 1. The van der Waals surface area contributed by atoms with E-state index in [-0.39, 0.29) is 47.8 Å². The van der Waals surface area contributed by atoms with E-state index in [4.69, 9.17) is 80.1 Å². The summed E-state index contributed by atoms with van der Waals surface area (Å²) in [6.07, 6.45) is 11.4. The van der Waals surface area contributed by atoms with Crippen molar-refractivity contribution in [2.75, 3.05) is 158 Å². The first kappa shape index (κ1) is 91.7. The average molecular weight is 1740 g/mol. The summed E-state index contributed by atoms with van der Waals surface area (Å²) >= 11 is 6.23. The minimum Gasteiger partial charge on any atom is -0.481 e. The van der Waals surface area contributed by atoms with E-state index in [9.17, 15) is 19.2 Å². The zero-order chi connectivity index (χ0) is 88.7. The molecule has 9 aromatic rings. The highest BCUT2D eigenvalue weighted by atomic mass is 35.5. The van der Waals surface area contributed by atoms with E-state index < -0.39 is 0 Å². The summed E-state index contributed by atoms with van der Waals surface area (Å²) in [5, 5.41) is 0.441. The second-order valence-corrected chi connectivity index (χ2v) is 34.8. The molecular formula is C95H126ClN21O9. The molecule has 0 aliphatic carbocycles. The third-order valence-corrected chi connectivity index (χ3v) is 25.7. The van der Waals surface area contributed by atoms with Gasteiger partial charge in [-0.15, -0.1) is 0 Å². The summed E-state index contributed by atoms with van der Waals surface area (Å²) in [7, 11) is 1.62. The standard InChI is InChI=1S/C25H32N6O2.C24H33N5O3.C23H30ClN5O2.C23H31N5O2/c1-4-24(32)29-11-9-19(10-12-29)21-15-23(30-13-14-33-16-17(30)2)28-25(27-21)31-18(3)26-20-7-5-6-8-22(20)31;1-5-23(30)28-8-6-18(7-9-28)20-14-21(29-10-11-32-15-17(29)3)27-24(26-20)19-12-16(2)25-22(13-19)31-4;1-4-22(30)28-7-5-17(6-8-28)19-13-21(29-9-10-31-14-16(29)3)27-23(26-19)18-11-15(2)25-20(24)12-18;1-4-22(29)27-9-6-18(7-10-27)20-14-21(28-11-12-30-15-17(28)3)26-23(25-20)19-5-8-24-16(2)13-19/h5-8,15,17,19H,4,9-14,16H2,1-3H3;12-14,17-18H,5-11,15H2,1-4H3;11-13,16-17H,4-10,14H2,1-3H3;5,8,13-14,17-18H,4,6-7,9-12,15H2,1-3H3/t2*17-;16-;17-/m1111/s1. The first-order valence-electron chi connectivity index (χ1n) is 45.6. The predicted molar refractivity (Wildman–Crippen MR) is 489 cm³/mol. The number of likely N-dealkylation sites (tertiary alicyclic amines) is 4. The molecule has 0 N–H and O–H groups in total. The van der Waals surface area contributed by atoms with Crippen molar-refractivity contribution in [1.82, 2.24) is 84.0 Å². The van der Waals surface area contributed by atoms with Crippen LogP contribution in [-0.2, 0) is 38.1 Å². The molecule has 17 rings (SSSR count). The third-order valence-electron chi connectivity index (χ3n) is 25.5. The molecule has 8 aliphatic rings. The minimum absolute atomic E-state index is 0.228. The molecule has 8 aromatic heterocycles. The summed E-state index contributed by atoms with van der Waals surface area (Å²) in [4.78, 5) is 123. The van der Waals surface area contributed by atoms with Gasteiger partial charge >= 0.3 is 0 Å². The van der Waals surface area contributed by atoms with Gasteiger partial charge in [-0.3, -0.25) is 28.7 Å². The maximum absolute atomic E-state index is 12.1. The Balaban J connectivity index is 0.000000136. The number of nitrogens with zero attached hydrogens (tertiary/aromatic N) is 21. The van der Waals surface area contributed by atoms with Crippen molar-refractivity contribution in [3.63, 3.8) is 0 Å². The number of aromatic nitrogens is 13. The minimum atomic E-state index is 0.228. The van der Waals surface area contributed by atoms with E-state index in [1.807, 2.05) is 136 Å². The summed E-state index contributed by atoms with van der Waals surface area (Å²) < 4.78 is 30.0. The lowest BCUT2D eigenvalue weighted by Gasteiger charge is -2.35. The molecule has 30 nitrogen and oxygen atoms in total. The highest BCUT2D eigenvalue weighted by Gasteiger charge is 2.35. The fourth-order valence-electron chi connectivity index (χ4n) is 18.3. The number of amides is 4. The van der Waals surface area contributed by atoms with Crippen molar-refractivity contribution in [2.24, 2.45) is 0 Å². The number of hydrogen-bond acceptors (Lipinski definition) is 25. The predicted octanol–water partition coefficient (Wildman–Crippen LogP) is 13.7. The quantitative estimate of drug-likeness (QED) is 0.0765. The number of anilines is 4. The fraction of sp³-hybridized carbons (Fsp3) is 0.558. The maximum atomic E-state index is 12.1. The van der Waals surface area contributed by atoms with Crippen LogP contribution in [0.3, 0.4) is 0 Å². The monoisotopic (exact) mass is 1740 g/mol. The van der Waals surface area contributed by atoms with E-state index in [0.717, 1.165) is 232 Å². The second kappa shape index (κ2) is 42.8. The van der Waals surface area contributed by atoms with Crippen molar-refractivity contribution in [2.45, 2.75) is 208 Å². The molecule has 1 aromatic carbocycles. The van der Waals surface area contributed by atoms with E-state index >= 15 is 0 Å². The summed E-state index contributed by atoms with van der Waals surface area (Å²) in [6.45, 7) is 39.3. The molecule has 16 heterocycles. The number of methoxy groups -OCH3 is 1. The Morgan fingerprint density at radius 3 is 1.10 bits per heavy atom. The number of hydrogen-bond donors (Lipinski definition) is 0. The molecule has 0 saturated carbocycles. The van der Waals surface area contributed by atoms with Crippen LogP contribution >= 0.6 is 11.6 Å². The maximum Gasteiger partial charge on any atom is 0.237 e. The largest absolute Gasteiger partial charge is 0.481 e. The number of carbonyl (C=O) groups excluding carboxylic acids is 4. The molecule has 8 aliphatic heterocycles. The molecule has 672 valence electrons. The van der Waals surface area contributed by atoms with Gasteiger partial charge in [-0.05, 0) is 149 Å².